The number of aliphatic hydroxyl groups is 6. The van der Waals surface area contributed by atoms with E-state index in [4.69, 9.17) is 30.6 Å². The molecule has 0 aliphatic carbocycles. The molecule has 1 aliphatic rings. The average Bonchev–Trinajstić information content (AvgIpc) is 1.98. The molecule has 1 saturated heterocycles. The van der Waals surface area contributed by atoms with Crippen molar-refractivity contribution >= 4 is 0 Å². The second-order valence-electron chi connectivity index (χ2n) is 3.09. The minimum atomic E-state index is -3.32. The quantitative estimate of drug-likeness (QED) is 0.221. The lowest BCUT2D eigenvalue weighted by Crippen LogP contribution is -2.72. The first-order valence-corrected chi connectivity index (χ1v) is 3.63. The molecule has 6 N–H and O–H groups in total. The van der Waals surface area contributed by atoms with Crippen LogP contribution in [-0.4, -0.2) is 60.7 Å². The monoisotopic (exact) mass is 196 g/mol. The van der Waals surface area contributed by atoms with Crippen LogP contribution in [0.25, 0.3) is 0 Å². The summed E-state index contributed by atoms with van der Waals surface area (Å²) in [5.74, 6) is -6.62. The first kappa shape index (κ1) is 10.8. The standard InChI is InChI=1S/C6H12O7/c1-2-3(7)4(8)5(9,10)6(11,12)13-2/h2-4,7-12H,1H3/t2?,3-,4-/m1/s1. The zero-order chi connectivity index (χ0) is 10.4. The van der Waals surface area contributed by atoms with Gasteiger partial charge in [0.05, 0.1) is 6.10 Å². The van der Waals surface area contributed by atoms with Crippen LogP contribution in [-0.2, 0) is 4.74 Å². The Bertz CT molecular complexity index is 201. The molecule has 0 radical (unpaired) electrons. The molecule has 1 fully saturated rings. The van der Waals surface area contributed by atoms with Gasteiger partial charge in [-0.25, -0.2) is 0 Å². The fourth-order valence-electron chi connectivity index (χ4n) is 1.10. The topological polar surface area (TPSA) is 131 Å². The van der Waals surface area contributed by atoms with E-state index < -0.39 is 30.1 Å². The van der Waals surface area contributed by atoms with E-state index in [1.165, 1.54) is 6.92 Å². The van der Waals surface area contributed by atoms with Gasteiger partial charge in [0.2, 0.25) is 0 Å². The van der Waals surface area contributed by atoms with Crippen LogP contribution in [0.5, 0.6) is 0 Å². The second-order valence-corrected chi connectivity index (χ2v) is 3.09. The van der Waals surface area contributed by atoms with Crippen LogP contribution >= 0.6 is 0 Å². The molecule has 0 saturated carbocycles. The van der Waals surface area contributed by atoms with Crippen LogP contribution in [0.4, 0.5) is 0 Å². The smallest absolute Gasteiger partial charge is 0.338 e. The van der Waals surface area contributed by atoms with Gasteiger partial charge in [-0.15, -0.1) is 0 Å². The minimum absolute atomic E-state index is 1.13. The Morgan fingerprint density at radius 1 is 1.08 bits per heavy atom. The van der Waals surface area contributed by atoms with Crippen LogP contribution in [0.1, 0.15) is 6.92 Å². The molecule has 0 aromatic carbocycles. The summed E-state index contributed by atoms with van der Waals surface area (Å²) < 4.78 is 4.27. The molecule has 1 heterocycles. The van der Waals surface area contributed by atoms with Gasteiger partial charge in [0.15, 0.2) is 0 Å². The lowest BCUT2D eigenvalue weighted by atomic mass is 9.95. The van der Waals surface area contributed by atoms with Gasteiger partial charge in [-0.2, -0.15) is 0 Å². The van der Waals surface area contributed by atoms with Crippen molar-refractivity contribution in [2.24, 2.45) is 0 Å². The van der Waals surface area contributed by atoms with Crippen molar-refractivity contribution in [3.05, 3.63) is 0 Å². The van der Waals surface area contributed by atoms with Crippen LogP contribution in [0.15, 0.2) is 0 Å². The highest BCUT2D eigenvalue weighted by Gasteiger charge is 2.62. The Balaban J connectivity index is 2.96. The summed E-state index contributed by atoms with van der Waals surface area (Å²) in [7, 11) is 0. The maximum atomic E-state index is 9.10. The van der Waals surface area contributed by atoms with E-state index in [-0.39, 0.29) is 0 Å². The number of hydrogen-bond acceptors (Lipinski definition) is 7. The summed E-state index contributed by atoms with van der Waals surface area (Å²) in [5, 5.41) is 54.0. The summed E-state index contributed by atoms with van der Waals surface area (Å²) in [6, 6.07) is 0. The Kier molecular flexibility index (Phi) is 2.37. The lowest BCUT2D eigenvalue weighted by Gasteiger charge is -2.46. The van der Waals surface area contributed by atoms with E-state index >= 15 is 0 Å². The number of hydrogen-bond donors (Lipinski definition) is 6. The Labute approximate surface area is 73.4 Å². The second kappa shape index (κ2) is 2.85. The third-order valence-electron chi connectivity index (χ3n) is 2.05. The normalized spacial score (nSPS) is 43.2. The molecule has 1 unspecified atom stereocenters. The van der Waals surface area contributed by atoms with Gasteiger partial charge >= 0.3 is 5.97 Å². The number of ether oxygens (including phenoxy) is 1. The van der Waals surface area contributed by atoms with Crippen molar-refractivity contribution < 1.29 is 35.4 Å². The fourth-order valence-corrected chi connectivity index (χ4v) is 1.10. The molecule has 0 aromatic rings. The zero-order valence-electron chi connectivity index (χ0n) is 6.82. The van der Waals surface area contributed by atoms with E-state index in [2.05, 4.69) is 4.74 Å². The molecule has 7 heteroatoms. The predicted molar refractivity (Wildman–Crippen MR) is 36.9 cm³/mol. The first-order chi connectivity index (χ1) is 5.70. The number of aliphatic hydroxyl groups excluding tert-OH is 2. The summed E-state index contributed by atoms with van der Waals surface area (Å²) in [6.07, 6.45) is -4.86. The van der Waals surface area contributed by atoms with Crippen LogP contribution in [0, 0.1) is 0 Å². The molecular weight excluding hydrogens is 184 g/mol. The molecular formula is C6H12O7. The van der Waals surface area contributed by atoms with Gasteiger partial charge in [-0.3, -0.25) is 0 Å². The van der Waals surface area contributed by atoms with Crippen LogP contribution in [0.2, 0.25) is 0 Å². The number of rotatable bonds is 0. The zero-order valence-corrected chi connectivity index (χ0v) is 6.82. The summed E-state index contributed by atoms with van der Waals surface area (Å²) in [4.78, 5) is 0. The molecule has 0 amide bonds. The summed E-state index contributed by atoms with van der Waals surface area (Å²) in [6.45, 7) is 1.24. The first-order valence-electron chi connectivity index (χ1n) is 3.63. The fraction of sp³-hybridized carbons (Fsp3) is 1.00. The summed E-state index contributed by atoms with van der Waals surface area (Å²) in [5.41, 5.74) is 0. The van der Waals surface area contributed by atoms with E-state index in [9.17, 15) is 0 Å². The van der Waals surface area contributed by atoms with E-state index in [0.29, 0.717) is 0 Å². The SMILES string of the molecule is CC1OC(O)(O)C(O)(O)[C@H](O)[C@@H]1O. The highest BCUT2D eigenvalue weighted by Crippen LogP contribution is 2.32. The van der Waals surface area contributed by atoms with Gasteiger partial charge in [-0.1, -0.05) is 0 Å². The largest absolute Gasteiger partial charge is 0.387 e. The third-order valence-corrected chi connectivity index (χ3v) is 2.05. The highest BCUT2D eigenvalue weighted by atomic mass is 16.8. The van der Waals surface area contributed by atoms with Crippen molar-refractivity contribution in [3.8, 4) is 0 Å². The minimum Gasteiger partial charge on any atom is -0.387 e. The van der Waals surface area contributed by atoms with Crippen molar-refractivity contribution in [1.29, 1.82) is 0 Å². The van der Waals surface area contributed by atoms with E-state index in [1.54, 1.807) is 0 Å². The van der Waals surface area contributed by atoms with Crippen molar-refractivity contribution in [2.45, 2.75) is 37.0 Å². The summed E-state index contributed by atoms with van der Waals surface area (Å²) >= 11 is 0. The van der Waals surface area contributed by atoms with E-state index in [0.717, 1.165) is 0 Å². The Hall–Kier alpha value is -0.280. The average molecular weight is 196 g/mol. The molecule has 7 nitrogen and oxygen atoms in total. The molecule has 13 heavy (non-hydrogen) atoms. The van der Waals surface area contributed by atoms with Gasteiger partial charge < -0.3 is 35.4 Å². The van der Waals surface area contributed by atoms with Gasteiger partial charge in [0.1, 0.15) is 12.2 Å². The molecule has 78 valence electrons. The van der Waals surface area contributed by atoms with Gasteiger partial charge in [0.25, 0.3) is 5.79 Å². The predicted octanol–water partition coefficient (Wildman–Crippen LogP) is -3.55. The maximum absolute atomic E-state index is 9.10. The van der Waals surface area contributed by atoms with Crippen molar-refractivity contribution in [2.75, 3.05) is 0 Å². The highest BCUT2D eigenvalue weighted by molar-refractivity contribution is 4.94. The lowest BCUT2D eigenvalue weighted by molar-refractivity contribution is -0.512. The van der Waals surface area contributed by atoms with Crippen molar-refractivity contribution in [3.63, 3.8) is 0 Å². The van der Waals surface area contributed by atoms with Crippen LogP contribution in [0.3, 0.4) is 0 Å². The molecule has 1 aliphatic heterocycles. The molecule has 0 bridgehead atoms. The third kappa shape index (κ3) is 1.44. The molecule has 0 spiro atoms. The van der Waals surface area contributed by atoms with Gasteiger partial charge in [-0.05, 0) is 6.92 Å². The van der Waals surface area contributed by atoms with Crippen molar-refractivity contribution in [1.82, 2.24) is 0 Å². The molecule has 0 aromatic heterocycles. The molecule has 1 rings (SSSR count). The van der Waals surface area contributed by atoms with E-state index in [1.807, 2.05) is 0 Å². The van der Waals surface area contributed by atoms with Crippen LogP contribution < -0.4 is 0 Å². The maximum Gasteiger partial charge on any atom is 0.338 e. The molecule has 3 atom stereocenters. The van der Waals surface area contributed by atoms with Gasteiger partial charge in [0, 0.05) is 0 Å². The Morgan fingerprint density at radius 3 is 2.00 bits per heavy atom. The Morgan fingerprint density at radius 2 is 1.54 bits per heavy atom.